The maximum atomic E-state index is 11.2. The molecule has 16 heavy (non-hydrogen) atoms. The Morgan fingerprint density at radius 1 is 1.00 bits per heavy atom. The number of carbonyl (C=O) groups is 2. The summed E-state index contributed by atoms with van der Waals surface area (Å²) in [5, 5.41) is 4.84. The third-order valence-corrected chi connectivity index (χ3v) is 1.68. The summed E-state index contributed by atoms with van der Waals surface area (Å²) in [5.74, 6) is -1.32. The molecule has 0 rings (SSSR count). The summed E-state index contributed by atoms with van der Waals surface area (Å²) in [7, 11) is 0. The zero-order chi connectivity index (χ0) is 12.4. The maximum Gasteiger partial charge on any atom is 0.309 e. The van der Waals surface area contributed by atoms with Crippen molar-refractivity contribution < 1.29 is 19.1 Å². The fourth-order valence-corrected chi connectivity index (χ4v) is 1.03. The number of ether oxygens (including phenoxy) is 2. The van der Waals surface area contributed by atoms with Gasteiger partial charge in [0, 0.05) is 19.8 Å². The quantitative estimate of drug-likeness (QED) is 0.464. The zero-order valence-corrected chi connectivity index (χ0v) is 10.0. The molecule has 0 heterocycles. The van der Waals surface area contributed by atoms with Gasteiger partial charge in [0.05, 0.1) is 6.54 Å². The minimum atomic E-state index is -0.675. The molecule has 0 saturated heterocycles. The number of hydrogen-bond acceptors (Lipinski definition) is 4. The molecule has 0 aliphatic heterocycles. The van der Waals surface area contributed by atoms with E-state index in [1.54, 1.807) is 6.92 Å². The molecule has 0 aromatic carbocycles. The second-order valence-corrected chi connectivity index (χ2v) is 2.91. The highest BCUT2D eigenvalue weighted by Crippen LogP contribution is 1.92. The molecular formula is C10H20N2O4. The van der Waals surface area contributed by atoms with Crippen molar-refractivity contribution in [3.05, 3.63) is 0 Å². The Morgan fingerprint density at radius 2 is 1.50 bits per heavy atom. The number of hydrogen-bond donors (Lipinski definition) is 2. The highest BCUT2D eigenvalue weighted by molar-refractivity contribution is 6.35. The lowest BCUT2D eigenvalue weighted by Gasteiger charge is -2.17. The van der Waals surface area contributed by atoms with E-state index in [1.807, 2.05) is 13.8 Å². The number of rotatable bonds is 7. The summed E-state index contributed by atoms with van der Waals surface area (Å²) in [6.07, 6.45) is -0.506. The molecule has 0 bridgehead atoms. The molecule has 0 aromatic heterocycles. The van der Waals surface area contributed by atoms with Gasteiger partial charge in [-0.3, -0.25) is 9.59 Å². The van der Waals surface area contributed by atoms with Crippen LogP contribution >= 0.6 is 0 Å². The number of amides is 2. The van der Waals surface area contributed by atoms with Crippen molar-refractivity contribution in [1.29, 1.82) is 0 Å². The molecule has 2 N–H and O–H groups in total. The second kappa shape index (κ2) is 9.11. The minimum Gasteiger partial charge on any atom is -0.351 e. The molecule has 0 radical (unpaired) electrons. The lowest BCUT2D eigenvalue weighted by atomic mass is 10.5. The summed E-state index contributed by atoms with van der Waals surface area (Å²) < 4.78 is 10.4. The van der Waals surface area contributed by atoms with E-state index in [0.29, 0.717) is 19.8 Å². The molecule has 0 aromatic rings. The molecule has 0 fully saturated rings. The summed E-state index contributed by atoms with van der Waals surface area (Å²) in [6.45, 7) is 6.97. The van der Waals surface area contributed by atoms with E-state index in [4.69, 9.17) is 9.47 Å². The topological polar surface area (TPSA) is 76.7 Å². The lowest BCUT2D eigenvalue weighted by molar-refractivity contribution is -0.146. The van der Waals surface area contributed by atoms with E-state index in [2.05, 4.69) is 10.6 Å². The Morgan fingerprint density at radius 3 is 1.94 bits per heavy atom. The van der Waals surface area contributed by atoms with Gasteiger partial charge in [-0.1, -0.05) is 0 Å². The molecule has 94 valence electrons. The van der Waals surface area contributed by atoms with Gasteiger partial charge in [0.1, 0.15) is 0 Å². The van der Waals surface area contributed by atoms with Crippen LogP contribution in [-0.4, -0.2) is 44.4 Å². The van der Waals surface area contributed by atoms with Crippen molar-refractivity contribution in [1.82, 2.24) is 10.6 Å². The van der Waals surface area contributed by atoms with Gasteiger partial charge >= 0.3 is 11.8 Å². The number of nitrogens with one attached hydrogen (secondary N) is 2. The number of carbonyl (C=O) groups excluding carboxylic acids is 2. The minimum absolute atomic E-state index is 0.164. The predicted octanol–water partition coefficient (Wildman–Crippen LogP) is -0.362. The van der Waals surface area contributed by atoms with Gasteiger partial charge in [-0.2, -0.15) is 0 Å². The molecule has 6 heteroatoms. The average Bonchev–Trinajstić information content (AvgIpc) is 2.26. The Balaban J connectivity index is 3.89. The SMILES string of the molecule is CCNC(=O)C(=O)NCC(OCC)OCC. The van der Waals surface area contributed by atoms with Crippen LogP contribution in [0.2, 0.25) is 0 Å². The van der Waals surface area contributed by atoms with Crippen molar-refractivity contribution in [3.63, 3.8) is 0 Å². The van der Waals surface area contributed by atoms with Crippen LogP contribution in [0, 0.1) is 0 Å². The third kappa shape index (κ3) is 6.36. The standard InChI is InChI=1S/C10H20N2O4/c1-4-11-9(13)10(14)12-7-8(15-5-2)16-6-3/h8H,4-7H2,1-3H3,(H,11,13)(H,12,14). The van der Waals surface area contributed by atoms with Crippen molar-refractivity contribution in [2.45, 2.75) is 27.1 Å². The summed E-state index contributed by atoms with van der Waals surface area (Å²) in [5.41, 5.74) is 0. The fraction of sp³-hybridized carbons (Fsp3) is 0.800. The molecule has 0 unspecified atom stereocenters. The van der Waals surface area contributed by atoms with Gasteiger partial charge < -0.3 is 20.1 Å². The molecule has 0 aliphatic carbocycles. The van der Waals surface area contributed by atoms with Crippen molar-refractivity contribution in [2.75, 3.05) is 26.3 Å². The molecule has 0 spiro atoms. The molecular weight excluding hydrogens is 212 g/mol. The molecule has 0 saturated carbocycles. The van der Waals surface area contributed by atoms with Crippen LogP contribution in [0.1, 0.15) is 20.8 Å². The van der Waals surface area contributed by atoms with Crippen LogP contribution < -0.4 is 10.6 Å². The van der Waals surface area contributed by atoms with E-state index >= 15 is 0 Å². The van der Waals surface area contributed by atoms with Crippen molar-refractivity contribution in [2.24, 2.45) is 0 Å². The molecule has 0 atom stereocenters. The van der Waals surface area contributed by atoms with E-state index in [1.165, 1.54) is 0 Å². The van der Waals surface area contributed by atoms with Crippen LogP contribution in [0.5, 0.6) is 0 Å². The van der Waals surface area contributed by atoms with Crippen LogP contribution in [0.15, 0.2) is 0 Å². The van der Waals surface area contributed by atoms with Crippen LogP contribution in [0.3, 0.4) is 0 Å². The van der Waals surface area contributed by atoms with E-state index in [-0.39, 0.29) is 6.54 Å². The molecule has 2 amide bonds. The average molecular weight is 232 g/mol. The summed E-state index contributed by atoms with van der Waals surface area (Å²) >= 11 is 0. The first kappa shape index (κ1) is 14.9. The van der Waals surface area contributed by atoms with Crippen molar-refractivity contribution in [3.8, 4) is 0 Å². The second-order valence-electron chi connectivity index (χ2n) is 2.91. The van der Waals surface area contributed by atoms with Gasteiger partial charge in [0.2, 0.25) is 0 Å². The van der Waals surface area contributed by atoms with E-state index in [9.17, 15) is 9.59 Å². The van der Waals surface area contributed by atoms with Gasteiger partial charge in [-0.15, -0.1) is 0 Å². The first-order valence-corrected chi connectivity index (χ1v) is 5.44. The zero-order valence-electron chi connectivity index (χ0n) is 10.0. The molecule has 0 aliphatic rings. The predicted molar refractivity (Wildman–Crippen MR) is 58.7 cm³/mol. The highest BCUT2D eigenvalue weighted by atomic mass is 16.7. The summed E-state index contributed by atoms with van der Waals surface area (Å²) in [4.78, 5) is 22.3. The fourth-order valence-electron chi connectivity index (χ4n) is 1.03. The Kier molecular flexibility index (Phi) is 8.46. The van der Waals surface area contributed by atoms with Crippen LogP contribution in [-0.2, 0) is 19.1 Å². The van der Waals surface area contributed by atoms with Gasteiger partial charge in [0.25, 0.3) is 0 Å². The monoisotopic (exact) mass is 232 g/mol. The van der Waals surface area contributed by atoms with Crippen LogP contribution in [0.4, 0.5) is 0 Å². The highest BCUT2D eigenvalue weighted by Gasteiger charge is 2.15. The number of likely N-dealkylation sites (N-methyl/N-ethyl adjacent to an activating group) is 1. The summed E-state index contributed by atoms with van der Waals surface area (Å²) in [6, 6.07) is 0. The van der Waals surface area contributed by atoms with Crippen molar-refractivity contribution >= 4 is 11.8 Å². The smallest absolute Gasteiger partial charge is 0.309 e. The normalized spacial score (nSPS) is 10.2. The van der Waals surface area contributed by atoms with E-state index in [0.717, 1.165) is 0 Å². The lowest BCUT2D eigenvalue weighted by Crippen LogP contribution is -2.43. The Labute approximate surface area is 95.7 Å². The van der Waals surface area contributed by atoms with Gasteiger partial charge in [0.15, 0.2) is 6.29 Å². The Hall–Kier alpha value is -1.14. The van der Waals surface area contributed by atoms with Gasteiger partial charge in [-0.25, -0.2) is 0 Å². The van der Waals surface area contributed by atoms with E-state index < -0.39 is 18.1 Å². The molecule has 6 nitrogen and oxygen atoms in total. The first-order chi connectivity index (χ1) is 7.65. The largest absolute Gasteiger partial charge is 0.351 e. The third-order valence-electron chi connectivity index (χ3n) is 1.68. The Bertz CT molecular complexity index is 215. The maximum absolute atomic E-state index is 11.2. The van der Waals surface area contributed by atoms with Gasteiger partial charge in [-0.05, 0) is 20.8 Å². The van der Waals surface area contributed by atoms with Crippen LogP contribution in [0.25, 0.3) is 0 Å². The first-order valence-electron chi connectivity index (χ1n) is 5.44.